The number of hydrogen-bond donors (Lipinski definition) is 2. The fourth-order valence-corrected chi connectivity index (χ4v) is 2.75. The van der Waals surface area contributed by atoms with Crippen molar-refractivity contribution in [2.75, 3.05) is 6.61 Å². The van der Waals surface area contributed by atoms with E-state index in [1.54, 1.807) is 13.8 Å². The monoisotopic (exact) mass is 335 g/mol. The molecule has 1 aromatic carbocycles. The number of non-ortho nitro benzene ring substituents is 1. The van der Waals surface area contributed by atoms with E-state index in [-0.39, 0.29) is 5.69 Å². The highest BCUT2D eigenvalue weighted by Gasteiger charge is 2.62. The average molecular weight is 335 g/mol. The van der Waals surface area contributed by atoms with Crippen LogP contribution in [0.25, 0.3) is 0 Å². The van der Waals surface area contributed by atoms with E-state index in [0.29, 0.717) is 5.56 Å². The maximum Gasteiger partial charge on any atom is 0.269 e. The predicted octanol–water partition coefficient (Wildman–Crippen LogP) is 0.546. The number of rotatable bonds is 2. The van der Waals surface area contributed by atoms with Gasteiger partial charge in [-0.05, 0) is 26.0 Å². The molecule has 2 heterocycles. The summed E-state index contributed by atoms with van der Waals surface area (Å²) in [6.07, 6.45) is -2.67. The Bertz CT molecular complexity index is 705. The molecule has 0 amide bonds. The maximum atomic E-state index is 10.9. The Kier molecular flexibility index (Phi) is 4.07. The highest BCUT2D eigenvalue weighted by molar-refractivity contribution is 5.43. The average Bonchev–Trinajstić information content (AvgIpc) is 2.97. The van der Waals surface area contributed by atoms with Gasteiger partial charge in [-0.25, -0.2) is 0 Å². The third-order valence-corrected chi connectivity index (χ3v) is 3.93. The van der Waals surface area contributed by atoms with E-state index in [9.17, 15) is 20.3 Å². The summed E-state index contributed by atoms with van der Waals surface area (Å²) >= 11 is 0. The quantitative estimate of drug-likeness (QED) is 0.461. The van der Waals surface area contributed by atoms with Gasteiger partial charge in [0.15, 0.2) is 23.8 Å². The van der Waals surface area contributed by atoms with Crippen LogP contribution in [0.4, 0.5) is 5.69 Å². The second-order valence-corrected chi connectivity index (χ2v) is 6.11. The summed E-state index contributed by atoms with van der Waals surface area (Å²) in [7, 11) is 0. The smallest absolute Gasteiger partial charge is 0.269 e. The van der Waals surface area contributed by atoms with Crippen LogP contribution in [0.1, 0.15) is 19.4 Å². The van der Waals surface area contributed by atoms with Gasteiger partial charge in [0.25, 0.3) is 5.69 Å². The first kappa shape index (κ1) is 16.8. The van der Waals surface area contributed by atoms with Crippen LogP contribution in [0.3, 0.4) is 0 Å². The van der Waals surface area contributed by atoms with E-state index in [1.807, 2.05) is 0 Å². The van der Waals surface area contributed by atoms with E-state index >= 15 is 0 Å². The van der Waals surface area contributed by atoms with E-state index in [2.05, 4.69) is 11.8 Å². The van der Waals surface area contributed by atoms with Gasteiger partial charge in [-0.1, -0.05) is 11.8 Å². The van der Waals surface area contributed by atoms with E-state index < -0.39 is 41.4 Å². The van der Waals surface area contributed by atoms with Crippen molar-refractivity contribution in [3.8, 4) is 11.8 Å². The first-order chi connectivity index (χ1) is 11.2. The van der Waals surface area contributed by atoms with Crippen LogP contribution < -0.4 is 0 Å². The fraction of sp³-hybridized carbons (Fsp3) is 0.500. The zero-order valence-corrected chi connectivity index (χ0v) is 13.1. The molecule has 2 N–H and O–H groups in total. The van der Waals surface area contributed by atoms with Crippen LogP contribution >= 0.6 is 0 Å². The van der Waals surface area contributed by atoms with Gasteiger partial charge >= 0.3 is 0 Å². The second kappa shape index (κ2) is 5.81. The Balaban J connectivity index is 1.88. The van der Waals surface area contributed by atoms with Crippen LogP contribution in [0, 0.1) is 22.0 Å². The number of nitro groups is 1. The Morgan fingerprint density at radius 1 is 1.29 bits per heavy atom. The Morgan fingerprint density at radius 2 is 1.96 bits per heavy atom. The Morgan fingerprint density at radius 3 is 2.54 bits per heavy atom. The van der Waals surface area contributed by atoms with Gasteiger partial charge in [0, 0.05) is 17.7 Å². The van der Waals surface area contributed by atoms with Crippen LogP contribution in [-0.2, 0) is 14.2 Å². The molecule has 0 aromatic heterocycles. The molecule has 128 valence electrons. The first-order valence-corrected chi connectivity index (χ1v) is 7.37. The highest BCUT2D eigenvalue weighted by atomic mass is 16.8. The van der Waals surface area contributed by atoms with Gasteiger partial charge in [0.05, 0.1) is 11.5 Å². The lowest BCUT2D eigenvalue weighted by Gasteiger charge is -2.28. The number of nitrogens with zero attached hydrogens (tertiary/aromatic N) is 1. The SMILES string of the molecule is CC1(C)O[C@@H]2O[C@H](CO)[C@](O)(C#Cc3ccc([N+](=O)[O-])cc3)[C@H]2O1. The maximum absolute atomic E-state index is 10.9. The Hall–Kier alpha value is -2.02. The number of hydrogen-bond acceptors (Lipinski definition) is 7. The molecule has 0 saturated carbocycles. The topological polar surface area (TPSA) is 111 Å². The van der Waals surface area contributed by atoms with Gasteiger partial charge in [-0.3, -0.25) is 10.1 Å². The van der Waals surface area contributed by atoms with Gasteiger partial charge in [-0.15, -0.1) is 0 Å². The minimum atomic E-state index is -1.75. The third-order valence-electron chi connectivity index (χ3n) is 3.93. The highest BCUT2D eigenvalue weighted by Crippen LogP contribution is 2.42. The molecule has 8 nitrogen and oxygen atoms in total. The van der Waals surface area contributed by atoms with Crippen LogP contribution in [-0.4, -0.2) is 51.6 Å². The summed E-state index contributed by atoms with van der Waals surface area (Å²) in [5.74, 6) is 4.50. The molecular formula is C16H17NO7. The molecule has 2 fully saturated rings. The molecule has 8 heteroatoms. The van der Waals surface area contributed by atoms with Crippen LogP contribution in [0.2, 0.25) is 0 Å². The normalized spacial score (nSPS) is 33.6. The predicted molar refractivity (Wildman–Crippen MR) is 80.7 cm³/mol. The van der Waals surface area contributed by atoms with Crippen molar-refractivity contribution in [2.24, 2.45) is 0 Å². The summed E-state index contributed by atoms with van der Waals surface area (Å²) < 4.78 is 16.7. The molecule has 0 spiro atoms. The zero-order chi connectivity index (χ0) is 17.5. The largest absolute Gasteiger partial charge is 0.394 e. The van der Waals surface area contributed by atoms with Crippen LogP contribution in [0.15, 0.2) is 24.3 Å². The minimum absolute atomic E-state index is 0.0500. The molecule has 2 saturated heterocycles. The molecular weight excluding hydrogens is 318 g/mol. The zero-order valence-electron chi connectivity index (χ0n) is 13.1. The summed E-state index contributed by atoms with van der Waals surface area (Å²) in [4.78, 5) is 10.1. The second-order valence-electron chi connectivity index (χ2n) is 6.11. The van der Waals surface area contributed by atoms with Gasteiger partial charge < -0.3 is 24.4 Å². The molecule has 0 aliphatic carbocycles. The van der Waals surface area contributed by atoms with Gasteiger partial charge in [-0.2, -0.15) is 0 Å². The summed E-state index contributed by atoms with van der Waals surface area (Å²) in [5, 5.41) is 31.0. The number of benzene rings is 1. The van der Waals surface area contributed by atoms with Crippen molar-refractivity contribution in [1.82, 2.24) is 0 Å². The molecule has 1 aromatic rings. The molecule has 0 unspecified atom stereocenters. The van der Waals surface area contributed by atoms with E-state index in [1.165, 1.54) is 24.3 Å². The number of ether oxygens (including phenoxy) is 3. The summed E-state index contributed by atoms with van der Waals surface area (Å²) in [6.45, 7) is 2.92. The van der Waals surface area contributed by atoms with Gasteiger partial charge in [0.1, 0.15) is 6.10 Å². The van der Waals surface area contributed by atoms with Gasteiger partial charge in [0.2, 0.25) is 0 Å². The third kappa shape index (κ3) is 2.88. The van der Waals surface area contributed by atoms with Crippen molar-refractivity contribution in [3.05, 3.63) is 39.9 Å². The number of aliphatic hydroxyl groups excluding tert-OH is 1. The minimum Gasteiger partial charge on any atom is -0.394 e. The fourth-order valence-electron chi connectivity index (χ4n) is 2.75. The molecule has 2 aliphatic rings. The van der Waals surface area contributed by atoms with Crippen molar-refractivity contribution in [2.45, 2.75) is 43.7 Å². The Labute approximate surface area is 138 Å². The lowest BCUT2D eigenvalue weighted by Crippen LogP contribution is -2.49. The lowest BCUT2D eigenvalue weighted by atomic mass is 9.93. The number of fused-ring (bicyclic) bond motifs is 1. The number of nitro benzene ring substituents is 1. The molecule has 24 heavy (non-hydrogen) atoms. The first-order valence-electron chi connectivity index (χ1n) is 7.37. The van der Waals surface area contributed by atoms with Crippen molar-refractivity contribution in [3.63, 3.8) is 0 Å². The van der Waals surface area contributed by atoms with Crippen LogP contribution in [0.5, 0.6) is 0 Å². The van der Waals surface area contributed by atoms with Crippen molar-refractivity contribution >= 4 is 5.69 Å². The van der Waals surface area contributed by atoms with Crippen molar-refractivity contribution in [1.29, 1.82) is 0 Å². The van der Waals surface area contributed by atoms with Crippen molar-refractivity contribution < 1.29 is 29.3 Å². The molecule has 4 atom stereocenters. The van der Waals surface area contributed by atoms with E-state index in [0.717, 1.165) is 0 Å². The molecule has 2 aliphatic heterocycles. The lowest BCUT2D eigenvalue weighted by molar-refractivity contribution is -0.384. The van der Waals surface area contributed by atoms with E-state index in [4.69, 9.17) is 14.2 Å². The molecule has 0 bridgehead atoms. The molecule has 3 rings (SSSR count). The summed E-state index contributed by atoms with van der Waals surface area (Å²) in [5.41, 5.74) is -1.33. The number of aliphatic hydroxyl groups is 2. The standard InChI is InChI=1S/C16H17NO7/c1-15(2)23-13-14(24-15)22-12(9-18)16(13,19)8-7-10-3-5-11(6-4-10)17(20)21/h3-6,12-14,18-19H,9H2,1-2H3/t12-,13+,14+,16-/m1/s1. The molecule has 0 radical (unpaired) electrons. The summed E-state index contributed by atoms with van der Waals surface area (Å²) in [6, 6.07) is 5.60.